The minimum absolute atomic E-state index is 0.131. The van der Waals surface area contributed by atoms with E-state index in [1.807, 2.05) is 42.5 Å². The van der Waals surface area contributed by atoms with Crippen molar-refractivity contribution in [1.82, 2.24) is 46.1 Å². The van der Waals surface area contributed by atoms with Gasteiger partial charge in [-0.1, -0.05) is 41.9 Å². The minimum Gasteiger partial charge on any atom is -0.449 e. The molecule has 5 rings (SSSR count). The summed E-state index contributed by atoms with van der Waals surface area (Å²) in [5.41, 5.74) is 3.83. The van der Waals surface area contributed by atoms with Crippen molar-refractivity contribution in [3.05, 3.63) is 107 Å². The van der Waals surface area contributed by atoms with Crippen molar-refractivity contribution in [2.45, 2.75) is 18.9 Å². The van der Waals surface area contributed by atoms with Crippen LogP contribution in [0.5, 0.6) is 0 Å². The van der Waals surface area contributed by atoms with E-state index in [0.29, 0.717) is 47.2 Å². The molecule has 0 saturated heterocycles. The number of benzene rings is 3. The molecule has 0 fully saturated rings. The van der Waals surface area contributed by atoms with Crippen molar-refractivity contribution >= 4 is 41.1 Å². The molecule has 4 N–H and O–H groups in total. The molecule has 44 heavy (non-hydrogen) atoms. The van der Waals surface area contributed by atoms with E-state index in [2.05, 4.69) is 52.1 Å². The van der Waals surface area contributed by atoms with Crippen molar-refractivity contribution in [2.75, 3.05) is 23.8 Å². The Morgan fingerprint density at radius 1 is 1.02 bits per heavy atom. The van der Waals surface area contributed by atoms with Gasteiger partial charge in [0.1, 0.15) is 12.9 Å². The van der Waals surface area contributed by atoms with Crippen LogP contribution in [-0.4, -0.2) is 72.0 Å². The fourth-order valence-corrected chi connectivity index (χ4v) is 4.40. The van der Waals surface area contributed by atoms with Gasteiger partial charge in [-0.2, -0.15) is 4.68 Å². The molecule has 224 valence electrons. The van der Waals surface area contributed by atoms with Gasteiger partial charge in [-0.05, 0) is 81.4 Å². The molecule has 0 saturated carbocycles. The first-order valence-corrected chi connectivity index (χ1v) is 14.0. The standard InChI is InChI=1S/C29H28ClN11O3/c30-22-7-12-26(41-19-32-37-40-41)21(17-22)6-13-28(42)33-25(16-20-4-2-1-3-5-20)18-31-23-8-10-24(11-9-23)34-29(43)44-15-14-27-35-38-39-36-27/h1-13,17,19,25,31H,14-16,18H2,(H,33,42)(H,34,43)(H,35,36,38,39)/b13-6+/t25-/m0/s1. The zero-order valence-electron chi connectivity index (χ0n) is 23.3. The van der Waals surface area contributed by atoms with E-state index in [9.17, 15) is 9.59 Å². The van der Waals surface area contributed by atoms with E-state index in [4.69, 9.17) is 16.3 Å². The van der Waals surface area contributed by atoms with E-state index in [1.165, 1.54) is 17.1 Å². The fourth-order valence-electron chi connectivity index (χ4n) is 4.22. The van der Waals surface area contributed by atoms with Crippen molar-refractivity contribution in [1.29, 1.82) is 0 Å². The summed E-state index contributed by atoms with van der Waals surface area (Å²) in [4.78, 5) is 25.1. The number of carbonyl (C=O) groups excluding carboxylic acids is 2. The predicted octanol–water partition coefficient (Wildman–Crippen LogP) is 3.47. The zero-order valence-corrected chi connectivity index (χ0v) is 24.1. The number of halogens is 1. The van der Waals surface area contributed by atoms with E-state index >= 15 is 0 Å². The molecular weight excluding hydrogens is 586 g/mol. The SMILES string of the molecule is O=C(/C=C/c1cc(Cl)ccc1-n1cnnn1)N[C@H](CNc1ccc(NC(=O)OCCc2nnn[nH]2)cc1)Cc1ccccc1. The number of hydrogen-bond donors (Lipinski definition) is 4. The Hall–Kier alpha value is -5.63. The number of nitrogens with one attached hydrogen (secondary N) is 4. The maximum atomic E-state index is 13.0. The van der Waals surface area contributed by atoms with E-state index in [0.717, 1.165) is 11.3 Å². The van der Waals surface area contributed by atoms with Crippen molar-refractivity contribution in [3.8, 4) is 5.69 Å². The first-order valence-electron chi connectivity index (χ1n) is 13.6. The third-order valence-corrected chi connectivity index (χ3v) is 6.55. The molecule has 15 heteroatoms. The topological polar surface area (TPSA) is 178 Å². The van der Waals surface area contributed by atoms with E-state index in [-0.39, 0.29) is 18.6 Å². The highest BCUT2D eigenvalue weighted by Crippen LogP contribution is 2.20. The molecule has 0 spiro atoms. The van der Waals surface area contributed by atoms with Crippen LogP contribution in [0, 0.1) is 0 Å². The number of H-pyrrole nitrogens is 1. The molecule has 0 aliphatic carbocycles. The number of tetrazole rings is 2. The number of aromatic nitrogens is 8. The third kappa shape index (κ3) is 8.93. The highest BCUT2D eigenvalue weighted by atomic mass is 35.5. The number of rotatable bonds is 13. The number of aromatic amines is 1. The Morgan fingerprint density at radius 3 is 2.59 bits per heavy atom. The van der Waals surface area contributed by atoms with Gasteiger partial charge in [-0.15, -0.1) is 10.2 Å². The summed E-state index contributed by atoms with van der Waals surface area (Å²) in [5.74, 6) is 0.259. The van der Waals surface area contributed by atoms with Crippen molar-refractivity contribution in [2.24, 2.45) is 0 Å². The van der Waals surface area contributed by atoms with Crippen LogP contribution in [0.25, 0.3) is 11.8 Å². The average Bonchev–Trinajstić information content (AvgIpc) is 3.76. The van der Waals surface area contributed by atoms with Crippen LogP contribution in [-0.2, 0) is 22.4 Å². The lowest BCUT2D eigenvalue weighted by Crippen LogP contribution is -2.40. The van der Waals surface area contributed by atoms with Gasteiger partial charge in [0.2, 0.25) is 5.91 Å². The van der Waals surface area contributed by atoms with Gasteiger partial charge < -0.3 is 15.4 Å². The predicted molar refractivity (Wildman–Crippen MR) is 163 cm³/mol. The van der Waals surface area contributed by atoms with E-state index < -0.39 is 6.09 Å². The van der Waals surface area contributed by atoms with Gasteiger partial charge in [0, 0.05) is 41.0 Å². The second-order valence-corrected chi connectivity index (χ2v) is 9.94. The van der Waals surface area contributed by atoms with Gasteiger partial charge in [0.15, 0.2) is 5.82 Å². The van der Waals surface area contributed by atoms with Crippen LogP contribution in [0.2, 0.25) is 5.02 Å². The third-order valence-electron chi connectivity index (χ3n) is 6.32. The largest absolute Gasteiger partial charge is 0.449 e. The van der Waals surface area contributed by atoms with Crippen LogP contribution in [0.4, 0.5) is 16.2 Å². The van der Waals surface area contributed by atoms with Gasteiger partial charge >= 0.3 is 6.09 Å². The zero-order chi connectivity index (χ0) is 30.6. The van der Waals surface area contributed by atoms with Gasteiger partial charge in [-0.25, -0.2) is 9.89 Å². The maximum absolute atomic E-state index is 13.0. The lowest BCUT2D eigenvalue weighted by Gasteiger charge is -2.20. The summed E-state index contributed by atoms with van der Waals surface area (Å²) in [7, 11) is 0. The summed E-state index contributed by atoms with van der Waals surface area (Å²) in [6.45, 7) is 0.582. The molecular formula is C29H28ClN11O3. The molecule has 0 bridgehead atoms. The smallest absolute Gasteiger partial charge is 0.411 e. The number of carbonyl (C=O) groups is 2. The first-order chi connectivity index (χ1) is 21.5. The summed E-state index contributed by atoms with van der Waals surface area (Å²) >= 11 is 6.20. The van der Waals surface area contributed by atoms with Gasteiger partial charge in [0.05, 0.1) is 11.7 Å². The normalized spacial score (nSPS) is 11.7. The molecule has 5 aromatic rings. The van der Waals surface area contributed by atoms with Crippen LogP contribution >= 0.6 is 11.6 Å². The Labute approximate surface area is 256 Å². The Morgan fingerprint density at radius 2 is 1.84 bits per heavy atom. The average molecular weight is 614 g/mol. The van der Waals surface area contributed by atoms with Gasteiger partial charge in [0.25, 0.3) is 0 Å². The quantitative estimate of drug-likeness (QED) is 0.144. The molecule has 1 atom stereocenters. The molecule has 0 unspecified atom stereocenters. The second kappa shape index (κ2) is 15.0. The van der Waals surface area contributed by atoms with Crippen molar-refractivity contribution in [3.63, 3.8) is 0 Å². The lowest BCUT2D eigenvalue weighted by molar-refractivity contribution is -0.117. The summed E-state index contributed by atoms with van der Waals surface area (Å²) in [6.07, 6.45) is 5.00. The molecule has 0 aliphatic rings. The second-order valence-electron chi connectivity index (χ2n) is 9.50. The van der Waals surface area contributed by atoms with Crippen LogP contribution < -0.4 is 16.0 Å². The lowest BCUT2D eigenvalue weighted by atomic mass is 10.1. The summed E-state index contributed by atoms with van der Waals surface area (Å²) in [5, 5.41) is 34.2. The number of ether oxygens (including phenoxy) is 1. The van der Waals surface area contributed by atoms with E-state index in [1.54, 1.807) is 36.4 Å². The van der Waals surface area contributed by atoms with Crippen LogP contribution in [0.1, 0.15) is 17.0 Å². The summed E-state index contributed by atoms with van der Waals surface area (Å²) in [6, 6.07) is 22.1. The monoisotopic (exact) mass is 613 g/mol. The number of amides is 2. The molecule has 14 nitrogen and oxygen atoms in total. The molecule has 3 aromatic carbocycles. The van der Waals surface area contributed by atoms with Crippen LogP contribution in [0.3, 0.4) is 0 Å². The Bertz CT molecular complexity index is 1660. The molecule has 2 heterocycles. The Kier molecular flexibility index (Phi) is 10.2. The molecule has 2 amide bonds. The van der Waals surface area contributed by atoms with Gasteiger partial charge in [-0.3, -0.25) is 10.1 Å². The maximum Gasteiger partial charge on any atom is 0.411 e. The minimum atomic E-state index is -0.584. The number of anilines is 2. The van der Waals surface area contributed by atoms with Crippen molar-refractivity contribution < 1.29 is 14.3 Å². The fraction of sp³-hybridized carbons (Fsp3) is 0.172. The highest BCUT2D eigenvalue weighted by molar-refractivity contribution is 6.30. The van der Waals surface area contributed by atoms with Crippen LogP contribution in [0.15, 0.2) is 85.2 Å². The number of nitrogens with zero attached hydrogens (tertiary/aromatic N) is 7. The highest BCUT2D eigenvalue weighted by Gasteiger charge is 2.13. The molecule has 0 radical (unpaired) electrons. The molecule has 0 aliphatic heterocycles. The Balaban J connectivity index is 1.17. The summed E-state index contributed by atoms with van der Waals surface area (Å²) < 4.78 is 6.66. The molecule has 2 aromatic heterocycles. The number of hydrogen-bond acceptors (Lipinski definition) is 10. The first kappa shape index (κ1) is 29.8.